The fourth-order valence-electron chi connectivity index (χ4n) is 2.19. The molecule has 1 heterocycles. The van der Waals surface area contributed by atoms with Crippen LogP contribution in [0.1, 0.15) is 23.2 Å². The zero-order chi connectivity index (χ0) is 17.5. The number of para-hydroxylation sites is 1. The smallest absolute Gasteiger partial charge is 0.328 e. The predicted molar refractivity (Wildman–Crippen MR) is 86.3 cm³/mol. The van der Waals surface area contributed by atoms with Crippen LogP contribution >= 0.6 is 0 Å². The third-order valence-corrected chi connectivity index (χ3v) is 3.51. The van der Waals surface area contributed by atoms with Crippen LogP contribution in [0.25, 0.3) is 10.9 Å². The summed E-state index contributed by atoms with van der Waals surface area (Å²) in [5.41, 5.74) is 1.09. The van der Waals surface area contributed by atoms with Crippen molar-refractivity contribution in [3.63, 3.8) is 0 Å². The minimum Gasteiger partial charge on any atom is -0.469 e. The molecule has 0 fully saturated rings. The quantitative estimate of drug-likeness (QED) is 0.806. The van der Waals surface area contributed by atoms with Crippen molar-refractivity contribution in [2.24, 2.45) is 0 Å². The van der Waals surface area contributed by atoms with E-state index in [1.54, 1.807) is 6.07 Å². The van der Waals surface area contributed by atoms with E-state index in [4.69, 9.17) is 0 Å². The van der Waals surface area contributed by atoms with Gasteiger partial charge >= 0.3 is 11.9 Å². The summed E-state index contributed by atoms with van der Waals surface area (Å²) >= 11 is 0. The summed E-state index contributed by atoms with van der Waals surface area (Å²) < 4.78 is 9.20. The minimum absolute atomic E-state index is 0.00742. The van der Waals surface area contributed by atoms with Crippen LogP contribution in [-0.4, -0.2) is 43.1 Å². The van der Waals surface area contributed by atoms with E-state index in [0.717, 1.165) is 10.9 Å². The number of esters is 2. The van der Waals surface area contributed by atoms with Crippen molar-refractivity contribution in [3.8, 4) is 0 Å². The van der Waals surface area contributed by atoms with E-state index < -0.39 is 23.9 Å². The van der Waals surface area contributed by atoms with Gasteiger partial charge in [0.2, 0.25) is 0 Å². The number of carbonyl (C=O) groups is 3. The van der Waals surface area contributed by atoms with Gasteiger partial charge in [0, 0.05) is 18.0 Å². The second-order valence-electron chi connectivity index (χ2n) is 5.08. The standard InChI is InChI=1S/C17H18N2O5/c1-23-15(20)8-7-14(17(22)24-2)19-16(21)12-9-11-5-3-4-6-13(11)18-10-12/h3-6,9-10,14H,7-8H2,1-2H3,(H,19,21)/t14-/m1/s1. The topological polar surface area (TPSA) is 94.6 Å². The molecule has 24 heavy (non-hydrogen) atoms. The van der Waals surface area contributed by atoms with Crippen LogP contribution in [0.2, 0.25) is 0 Å². The van der Waals surface area contributed by atoms with Crippen LogP contribution < -0.4 is 5.32 Å². The molecule has 2 rings (SSSR count). The third kappa shape index (κ3) is 4.28. The first-order valence-corrected chi connectivity index (χ1v) is 7.35. The lowest BCUT2D eigenvalue weighted by Gasteiger charge is -2.16. The van der Waals surface area contributed by atoms with Crippen LogP contribution in [0.4, 0.5) is 0 Å². The third-order valence-electron chi connectivity index (χ3n) is 3.51. The van der Waals surface area contributed by atoms with E-state index in [2.05, 4.69) is 19.8 Å². The van der Waals surface area contributed by atoms with Crippen LogP contribution in [0.3, 0.4) is 0 Å². The summed E-state index contributed by atoms with van der Waals surface area (Å²) in [7, 11) is 2.48. The van der Waals surface area contributed by atoms with Crippen LogP contribution in [0, 0.1) is 0 Å². The normalized spacial score (nSPS) is 11.6. The van der Waals surface area contributed by atoms with Crippen molar-refractivity contribution in [1.82, 2.24) is 10.3 Å². The number of benzene rings is 1. The molecule has 0 aliphatic heterocycles. The van der Waals surface area contributed by atoms with Crippen molar-refractivity contribution in [2.75, 3.05) is 14.2 Å². The van der Waals surface area contributed by atoms with E-state index in [-0.39, 0.29) is 12.8 Å². The molecule has 0 saturated carbocycles. The lowest BCUT2D eigenvalue weighted by Crippen LogP contribution is -2.41. The van der Waals surface area contributed by atoms with E-state index >= 15 is 0 Å². The largest absolute Gasteiger partial charge is 0.469 e. The summed E-state index contributed by atoms with van der Waals surface area (Å²) in [6.07, 6.45) is 1.52. The Morgan fingerprint density at radius 1 is 1.17 bits per heavy atom. The molecule has 1 amide bonds. The lowest BCUT2D eigenvalue weighted by molar-refractivity contribution is -0.144. The van der Waals surface area contributed by atoms with E-state index in [9.17, 15) is 14.4 Å². The van der Waals surface area contributed by atoms with Gasteiger partial charge in [0.1, 0.15) is 6.04 Å². The number of nitrogens with zero attached hydrogens (tertiary/aromatic N) is 1. The molecular formula is C17H18N2O5. The average Bonchev–Trinajstić information content (AvgIpc) is 2.63. The highest BCUT2D eigenvalue weighted by atomic mass is 16.5. The Balaban J connectivity index is 2.12. The van der Waals surface area contributed by atoms with Crippen molar-refractivity contribution in [3.05, 3.63) is 42.1 Å². The Kier molecular flexibility index (Phi) is 5.83. The van der Waals surface area contributed by atoms with E-state index in [0.29, 0.717) is 5.56 Å². The predicted octanol–water partition coefficient (Wildman–Crippen LogP) is 1.46. The van der Waals surface area contributed by atoms with Gasteiger partial charge in [-0.25, -0.2) is 4.79 Å². The minimum atomic E-state index is -0.937. The molecule has 7 heteroatoms. The molecule has 7 nitrogen and oxygen atoms in total. The van der Waals surface area contributed by atoms with Gasteiger partial charge in [-0.05, 0) is 18.6 Å². The van der Waals surface area contributed by atoms with Gasteiger partial charge in [-0.15, -0.1) is 0 Å². The molecule has 0 radical (unpaired) electrons. The Morgan fingerprint density at radius 3 is 2.62 bits per heavy atom. The number of rotatable bonds is 6. The number of nitrogens with one attached hydrogen (secondary N) is 1. The lowest BCUT2D eigenvalue weighted by atomic mass is 10.1. The molecule has 1 aromatic heterocycles. The molecule has 126 valence electrons. The Morgan fingerprint density at radius 2 is 1.92 bits per heavy atom. The highest BCUT2D eigenvalue weighted by Crippen LogP contribution is 2.13. The molecular weight excluding hydrogens is 312 g/mol. The monoisotopic (exact) mass is 330 g/mol. The first-order valence-electron chi connectivity index (χ1n) is 7.35. The molecule has 1 atom stereocenters. The number of hydrogen-bond donors (Lipinski definition) is 1. The molecule has 0 aliphatic carbocycles. The Labute approximate surface area is 139 Å². The van der Waals surface area contributed by atoms with Crippen LogP contribution in [0.5, 0.6) is 0 Å². The molecule has 0 spiro atoms. The fraction of sp³-hybridized carbons (Fsp3) is 0.294. The first-order chi connectivity index (χ1) is 11.5. The molecule has 2 aromatic rings. The molecule has 0 saturated heterocycles. The molecule has 1 N–H and O–H groups in total. The number of methoxy groups -OCH3 is 2. The van der Waals surface area contributed by atoms with E-state index in [1.807, 2.05) is 24.3 Å². The van der Waals surface area contributed by atoms with Gasteiger partial charge in [0.25, 0.3) is 5.91 Å². The number of carbonyl (C=O) groups excluding carboxylic acids is 3. The average molecular weight is 330 g/mol. The number of fused-ring (bicyclic) bond motifs is 1. The van der Waals surface area contributed by atoms with Gasteiger partial charge in [-0.2, -0.15) is 0 Å². The van der Waals surface area contributed by atoms with Crippen molar-refractivity contribution in [1.29, 1.82) is 0 Å². The van der Waals surface area contributed by atoms with Crippen LogP contribution in [-0.2, 0) is 19.1 Å². The van der Waals surface area contributed by atoms with E-state index in [1.165, 1.54) is 20.4 Å². The number of aromatic nitrogens is 1. The summed E-state index contributed by atoms with van der Waals surface area (Å²) in [6, 6.07) is 8.13. The number of ether oxygens (including phenoxy) is 2. The zero-order valence-electron chi connectivity index (χ0n) is 13.4. The van der Waals surface area contributed by atoms with Crippen molar-refractivity contribution >= 4 is 28.7 Å². The molecule has 0 aliphatic rings. The second kappa shape index (κ2) is 8.05. The first kappa shape index (κ1) is 17.4. The van der Waals surface area contributed by atoms with Crippen LogP contribution in [0.15, 0.2) is 36.5 Å². The van der Waals surface area contributed by atoms with Crippen molar-refractivity contribution < 1.29 is 23.9 Å². The molecule has 0 unspecified atom stereocenters. The Hall–Kier alpha value is -2.96. The SMILES string of the molecule is COC(=O)CC[C@@H](NC(=O)c1cnc2ccccc2c1)C(=O)OC. The Bertz CT molecular complexity index is 759. The molecule has 1 aromatic carbocycles. The maximum Gasteiger partial charge on any atom is 0.328 e. The van der Waals surface area contributed by atoms with Crippen molar-refractivity contribution in [2.45, 2.75) is 18.9 Å². The van der Waals surface area contributed by atoms with Gasteiger partial charge in [-0.3, -0.25) is 14.6 Å². The molecule has 0 bridgehead atoms. The van der Waals surface area contributed by atoms with Gasteiger partial charge in [0.05, 0.1) is 25.3 Å². The number of amides is 1. The van der Waals surface area contributed by atoms with Gasteiger partial charge in [-0.1, -0.05) is 18.2 Å². The highest BCUT2D eigenvalue weighted by Gasteiger charge is 2.23. The zero-order valence-corrected chi connectivity index (χ0v) is 13.4. The summed E-state index contributed by atoms with van der Waals surface area (Å²) in [6.45, 7) is 0. The maximum atomic E-state index is 12.4. The van der Waals surface area contributed by atoms with Gasteiger partial charge < -0.3 is 14.8 Å². The summed E-state index contributed by atoms with van der Waals surface area (Å²) in [5, 5.41) is 3.38. The summed E-state index contributed by atoms with van der Waals surface area (Å²) in [5.74, 6) is -1.56. The highest BCUT2D eigenvalue weighted by molar-refractivity contribution is 5.99. The number of pyridine rings is 1. The number of hydrogen-bond acceptors (Lipinski definition) is 6. The maximum absolute atomic E-state index is 12.4. The summed E-state index contributed by atoms with van der Waals surface area (Å²) in [4.78, 5) is 39.6. The fourth-order valence-corrected chi connectivity index (χ4v) is 2.19. The van der Waals surface area contributed by atoms with Gasteiger partial charge in [0.15, 0.2) is 0 Å². The second-order valence-corrected chi connectivity index (χ2v) is 5.08.